The summed E-state index contributed by atoms with van der Waals surface area (Å²) in [6, 6.07) is 13.4. The molecule has 0 bridgehead atoms. The third-order valence-corrected chi connectivity index (χ3v) is 4.34. The summed E-state index contributed by atoms with van der Waals surface area (Å²) < 4.78 is 7.92. The molecule has 0 aliphatic carbocycles. The van der Waals surface area contributed by atoms with Crippen molar-refractivity contribution < 1.29 is 14.6 Å². The molecular formula is C20H20N2O5. The van der Waals surface area contributed by atoms with Crippen LogP contribution in [0, 0.1) is 0 Å². The largest absolute Gasteiger partial charge is 0.491 e. The van der Waals surface area contributed by atoms with Crippen LogP contribution in [0.3, 0.4) is 0 Å². The number of ether oxygens (including phenoxy) is 1. The van der Waals surface area contributed by atoms with Crippen LogP contribution in [0.2, 0.25) is 0 Å². The molecule has 1 heterocycles. The highest BCUT2D eigenvalue weighted by Gasteiger charge is 2.14. The Bertz CT molecular complexity index is 1100. The SMILES string of the molecule is CC(=O)c1ccc(OC[C@H](O)Cn2c(=O)n(C)c(=O)c3ccccc32)cc1. The van der Waals surface area contributed by atoms with Crippen LogP contribution in [0.25, 0.3) is 10.9 Å². The smallest absolute Gasteiger partial charge is 0.331 e. The van der Waals surface area contributed by atoms with Crippen LogP contribution >= 0.6 is 0 Å². The molecule has 7 heteroatoms. The van der Waals surface area contributed by atoms with Crippen molar-refractivity contribution in [2.75, 3.05) is 6.61 Å². The van der Waals surface area contributed by atoms with Gasteiger partial charge in [-0.25, -0.2) is 4.79 Å². The Hall–Kier alpha value is -3.19. The number of para-hydroxylation sites is 1. The van der Waals surface area contributed by atoms with E-state index in [2.05, 4.69) is 0 Å². The topological polar surface area (TPSA) is 90.5 Å². The van der Waals surface area contributed by atoms with Crippen molar-refractivity contribution in [3.05, 3.63) is 74.9 Å². The van der Waals surface area contributed by atoms with Crippen molar-refractivity contribution in [2.24, 2.45) is 7.05 Å². The van der Waals surface area contributed by atoms with E-state index in [9.17, 15) is 19.5 Å². The molecule has 0 fully saturated rings. The minimum absolute atomic E-state index is 0.0149. The number of rotatable bonds is 6. The minimum Gasteiger partial charge on any atom is -0.491 e. The van der Waals surface area contributed by atoms with E-state index in [1.165, 1.54) is 18.5 Å². The first kappa shape index (κ1) is 18.6. The number of hydrogen-bond acceptors (Lipinski definition) is 5. The van der Waals surface area contributed by atoms with Crippen LogP contribution in [0.1, 0.15) is 17.3 Å². The average molecular weight is 368 g/mol. The summed E-state index contributed by atoms with van der Waals surface area (Å²) in [6.45, 7) is 1.43. The summed E-state index contributed by atoms with van der Waals surface area (Å²) in [7, 11) is 1.41. The number of aliphatic hydroxyl groups is 1. The Kier molecular flexibility index (Phi) is 5.23. The molecule has 2 aromatic carbocycles. The summed E-state index contributed by atoms with van der Waals surface area (Å²) in [4.78, 5) is 35.9. The molecule has 3 rings (SSSR count). The van der Waals surface area contributed by atoms with Gasteiger partial charge in [0.05, 0.1) is 17.4 Å². The molecule has 1 aromatic heterocycles. The molecular weight excluding hydrogens is 348 g/mol. The first-order valence-corrected chi connectivity index (χ1v) is 8.49. The molecule has 0 aliphatic rings. The molecule has 0 spiro atoms. The maximum absolute atomic E-state index is 12.5. The van der Waals surface area contributed by atoms with E-state index >= 15 is 0 Å². The van der Waals surface area contributed by atoms with Gasteiger partial charge in [-0.15, -0.1) is 0 Å². The van der Waals surface area contributed by atoms with Crippen molar-refractivity contribution in [1.82, 2.24) is 9.13 Å². The predicted molar refractivity (Wildman–Crippen MR) is 101 cm³/mol. The summed E-state index contributed by atoms with van der Waals surface area (Å²) in [5, 5.41) is 10.7. The Labute approximate surface area is 155 Å². The second-order valence-electron chi connectivity index (χ2n) is 6.32. The van der Waals surface area contributed by atoms with Crippen LogP contribution in [-0.2, 0) is 13.6 Å². The molecule has 7 nitrogen and oxygen atoms in total. The van der Waals surface area contributed by atoms with Gasteiger partial charge in [0.2, 0.25) is 0 Å². The normalized spacial score (nSPS) is 12.1. The molecule has 27 heavy (non-hydrogen) atoms. The van der Waals surface area contributed by atoms with Gasteiger partial charge in [-0.2, -0.15) is 0 Å². The summed E-state index contributed by atoms with van der Waals surface area (Å²) in [5.41, 5.74) is 0.174. The van der Waals surface area contributed by atoms with E-state index in [1.54, 1.807) is 48.5 Å². The Balaban J connectivity index is 1.78. The third kappa shape index (κ3) is 3.83. The molecule has 0 saturated heterocycles. The predicted octanol–water partition coefficient (Wildman–Crippen LogP) is 1.34. The van der Waals surface area contributed by atoms with Crippen molar-refractivity contribution in [1.29, 1.82) is 0 Å². The lowest BCUT2D eigenvalue weighted by atomic mass is 10.1. The van der Waals surface area contributed by atoms with Gasteiger partial charge >= 0.3 is 5.69 Å². The number of carbonyl (C=O) groups is 1. The molecule has 1 N–H and O–H groups in total. The van der Waals surface area contributed by atoms with Gasteiger partial charge in [-0.1, -0.05) is 12.1 Å². The van der Waals surface area contributed by atoms with E-state index in [1.807, 2.05) is 0 Å². The highest BCUT2D eigenvalue weighted by molar-refractivity contribution is 5.94. The number of carbonyl (C=O) groups excluding carboxylic acids is 1. The second-order valence-corrected chi connectivity index (χ2v) is 6.32. The highest BCUT2D eigenvalue weighted by Crippen LogP contribution is 2.13. The second kappa shape index (κ2) is 7.59. The van der Waals surface area contributed by atoms with Gasteiger partial charge in [0.1, 0.15) is 18.5 Å². The average Bonchev–Trinajstić information content (AvgIpc) is 2.68. The maximum atomic E-state index is 12.5. The molecule has 0 radical (unpaired) electrons. The van der Waals surface area contributed by atoms with E-state index in [4.69, 9.17) is 4.74 Å². The molecule has 0 saturated carbocycles. The van der Waals surface area contributed by atoms with Crippen LogP contribution in [0.4, 0.5) is 0 Å². The maximum Gasteiger partial charge on any atom is 0.331 e. The number of aliphatic hydroxyl groups excluding tert-OH is 1. The summed E-state index contributed by atoms with van der Waals surface area (Å²) in [6.07, 6.45) is -0.962. The molecule has 0 amide bonds. The molecule has 0 unspecified atom stereocenters. The Morgan fingerprint density at radius 3 is 2.44 bits per heavy atom. The van der Waals surface area contributed by atoms with Crippen molar-refractivity contribution >= 4 is 16.7 Å². The van der Waals surface area contributed by atoms with E-state index in [-0.39, 0.29) is 24.5 Å². The minimum atomic E-state index is -0.962. The van der Waals surface area contributed by atoms with Gasteiger partial charge in [0.25, 0.3) is 5.56 Å². The van der Waals surface area contributed by atoms with E-state index in [0.717, 1.165) is 4.57 Å². The zero-order chi connectivity index (χ0) is 19.6. The number of aromatic nitrogens is 2. The van der Waals surface area contributed by atoms with Gasteiger partial charge in [0, 0.05) is 12.6 Å². The summed E-state index contributed by atoms with van der Waals surface area (Å²) in [5.74, 6) is 0.472. The number of Topliss-reactive ketones (excluding diaryl/α,β-unsaturated/α-hetero) is 1. The number of benzene rings is 2. The molecule has 3 aromatic rings. The fourth-order valence-corrected chi connectivity index (χ4v) is 2.86. The molecule has 0 aliphatic heterocycles. The Morgan fingerprint density at radius 1 is 1.11 bits per heavy atom. The lowest BCUT2D eigenvalue weighted by molar-refractivity contribution is 0.0919. The molecule has 1 atom stereocenters. The zero-order valence-electron chi connectivity index (χ0n) is 15.1. The van der Waals surface area contributed by atoms with Gasteiger partial charge in [-0.3, -0.25) is 18.7 Å². The van der Waals surface area contributed by atoms with E-state index in [0.29, 0.717) is 22.2 Å². The number of ketones is 1. The number of fused-ring (bicyclic) bond motifs is 1. The van der Waals surface area contributed by atoms with Crippen LogP contribution in [0.5, 0.6) is 5.75 Å². The first-order valence-electron chi connectivity index (χ1n) is 8.49. The van der Waals surface area contributed by atoms with Crippen LogP contribution < -0.4 is 16.0 Å². The van der Waals surface area contributed by atoms with Gasteiger partial charge in [0.15, 0.2) is 5.78 Å². The lowest BCUT2D eigenvalue weighted by Crippen LogP contribution is -2.40. The highest BCUT2D eigenvalue weighted by atomic mass is 16.5. The standard InChI is InChI=1S/C20H20N2O5/c1-13(23)14-7-9-16(10-8-14)27-12-15(24)11-22-18-6-4-3-5-17(18)19(25)21(2)20(22)26/h3-10,15,24H,11-12H2,1-2H3/t15-/m1/s1. The number of nitrogens with zero attached hydrogens (tertiary/aromatic N) is 2. The van der Waals surface area contributed by atoms with Gasteiger partial charge in [-0.05, 0) is 43.3 Å². The van der Waals surface area contributed by atoms with Gasteiger partial charge < -0.3 is 9.84 Å². The fraction of sp³-hybridized carbons (Fsp3) is 0.250. The van der Waals surface area contributed by atoms with E-state index < -0.39 is 11.8 Å². The van der Waals surface area contributed by atoms with Crippen LogP contribution in [-0.4, -0.2) is 32.7 Å². The lowest BCUT2D eigenvalue weighted by Gasteiger charge is -2.16. The van der Waals surface area contributed by atoms with Crippen molar-refractivity contribution in [3.63, 3.8) is 0 Å². The van der Waals surface area contributed by atoms with Crippen molar-refractivity contribution in [2.45, 2.75) is 19.6 Å². The molecule has 140 valence electrons. The number of hydrogen-bond donors (Lipinski definition) is 1. The quantitative estimate of drug-likeness (QED) is 0.663. The summed E-state index contributed by atoms with van der Waals surface area (Å²) >= 11 is 0. The van der Waals surface area contributed by atoms with Crippen LogP contribution in [0.15, 0.2) is 58.1 Å². The first-order chi connectivity index (χ1) is 12.9. The van der Waals surface area contributed by atoms with Crippen molar-refractivity contribution in [3.8, 4) is 5.75 Å². The zero-order valence-corrected chi connectivity index (χ0v) is 15.1. The fourth-order valence-electron chi connectivity index (χ4n) is 2.86. The Morgan fingerprint density at radius 2 is 1.78 bits per heavy atom. The third-order valence-electron chi connectivity index (χ3n) is 4.34. The monoisotopic (exact) mass is 368 g/mol.